The van der Waals surface area contributed by atoms with Gasteiger partial charge in [-0.15, -0.1) is 0 Å². The van der Waals surface area contributed by atoms with Crippen LogP contribution < -0.4 is 21.1 Å². The molecule has 19 heavy (non-hydrogen) atoms. The Morgan fingerprint density at radius 3 is 2.63 bits per heavy atom. The number of nitrogen functional groups attached to an aromatic ring is 1. The lowest BCUT2D eigenvalue weighted by molar-refractivity contribution is -0.123. The highest BCUT2D eigenvalue weighted by Crippen LogP contribution is 2.19. The van der Waals surface area contributed by atoms with Gasteiger partial charge in [-0.05, 0) is 19.1 Å². The summed E-state index contributed by atoms with van der Waals surface area (Å²) in [6.07, 6.45) is 0.257. The summed E-state index contributed by atoms with van der Waals surface area (Å²) < 4.78 is 5.27. The van der Waals surface area contributed by atoms with Gasteiger partial charge in [0.05, 0.1) is 5.69 Å². The van der Waals surface area contributed by atoms with Crippen LogP contribution in [-0.2, 0) is 9.59 Å². The first kappa shape index (κ1) is 14.8. The first-order valence-electron chi connectivity index (χ1n) is 6.14. The van der Waals surface area contributed by atoms with Crippen LogP contribution >= 0.6 is 0 Å². The second-order valence-electron chi connectivity index (χ2n) is 3.88. The molecule has 1 aromatic carbocycles. The fourth-order valence-corrected chi connectivity index (χ4v) is 1.41. The molecule has 0 aliphatic heterocycles. The van der Waals surface area contributed by atoms with Crippen LogP contribution in [0, 0.1) is 0 Å². The average Bonchev–Trinajstić information content (AvgIpc) is 2.38. The fourth-order valence-electron chi connectivity index (χ4n) is 1.41. The number of ether oxygens (including phenoxy) is 1. The van der Waals surface area contributed by atoms with Crippen LogP contribution in [0.4, 0.5) is 5.69 Å². The standard InChI is InChI=1S/C13H19N3O3/c1-2-15-12(17)7-8-16-13(18)9-19-11-6-4-3-5-10(11)14/h3-6H,2,7-9,14H2,1H3,(H,15,17)(H,16,18). The largest absolute Gasteiger partial charge is 0.482 e. The van der Waals surface area contributed by atoms with E-state index in [1.165, 1.54) is 0 Å². The molecule has 0 spiro atoms. The number of nitrogens with two attached hydrogens (primary N) is 1. The molecule has 0 radical (unpaired) electrons. The molecule has 0 aliphatic carbocycles. The summed E-state index contributed by atoms with van der Waals surface area (Å²) in [5, 5.41) is 5.24. The molecule has 0 atom stereocenters. The van der Waals surface area contributed by atoms with E-state index >= 15 is 0 Å². The highest BCUT2D eigenvalue weighted by Gasteiger charge is 2.05. The van der Waals surface area contributed by atoms with Crippen molar-refractivity contribution in [3.05, 3.63) is 24.3 Å². The second-order valence-corrected chi connectivity index (χ2v) is 3.88. The van der Waals surface area contributed by atoms with Crippen LogP contribution in [0.1, 0.15) is 13.3 Å². The van der Waals surface area contributed by atoms with E-state index in [-0.39, 0.29) is 31.4 Å². The van der Waals surface area contributed by atoms with Gasteiger partial charge in [0.25, 0.3) is 5.91 Å². The lowest BCUT2D eigenvalue weighted by Crippen LogP contribution is -2.33. The molecule has 0 saturated carbocycles. The minimum absolute atomic E-state index is 0.0870. The topological polar surface area (TPSA) is 93.5 Å². The molecule has 0 saturated heterocycles. The van der Waals surface area contributed by atoms with Crippen molar-refractivity contribution in [3.8, 4) is 5.75 Å². The van der Waals surface area contributed by atoms with Crippen molar-refractivity contribution in [2.45, 2.75) is 13.3 Å². The van der Waals surface area contributed by atoms with E-state index in [0.717, 1.165) is 0 Å². The van der Waals surface area contributed by atoms with Crippen molar-refractivity contribution in [2.75, 3.05) is 25.4 Å². The summed E-state index contributed by atoms with van der Waals surface area (Å²) >= 11 is 0. The van der Waals surface area contributed by atoms with Gasteiger partial charge in [0.2, 0.25) is 5.91 Å². The third-order valence-corrected chi connectivity index (χ3v) is 2.33. The molecule has 1 rings (SSSR count). The second kappa shape index (κ2) is 7.97. The van der Waals surface area contributed by atoms with Crippen LogP contribution in [0.3, 0.4) is 0 Å². The lowest BCUT2D eigenvalue weighted by Gasteiger charge is -2.09. The Balaban J connectivity index is 2.22. The van der Waals surface area contributed by atoms with Gasteiger partial charge in [-0.25, -0.2) is 0 Å². The number of amides is 2. The number of carbonyl (C=O) groups is 2. The predicted octanol–water partition coefficient (Wildman–Crippen LogP) is 0.290. The monoisotopic (exact) mass is 265 g/mol. The zero-order valence-electron chi connectivity index (χ0n) is 10.9. The van der Waals surface area contributed by atoms with E-state index in [9.17, 15) is 9.59 Å². The van der Waals surface area contributed by atoms with Crippen molar-refractivity contribution >= 4 is 17.5 Å². The summed E-state index contributed by atoms with van der Waals surface area (Å²) in [6, 6.07) is 6.95. The minimum atomic E-state index is -0.285. The number of nitrogens with one attached hydrogen (secondary N) is 2. The first-order chi connectivity index (χ1) is 9.13. The zero-order chi connectivity index (χ0) is 14.1. The molecule has 6 heteroatoms. The fraction of sp³-hybridized carbons (Fsp3) is 0.385. The Bertz CT molecular complexity index is 435. The molecular weight excluding hydrogens is 246 g/mol. The smallest absolute Gasteiger partial charge is 0.257 e. The first-order valence-corrected chi connectivity index (χ1v) is 6.14. The Morgan fingerprint density at radius 2 is 1.95 bits per heavy atom. The normalized spacial score (nSPS) is 9.74. The third kappa shape index (κ3) is 5.76. The molecule has 0 aliphatic rings. The maximum atomic E-state index is 11.5. The van der Waals surface area contributed by atoms with Crippen LogP contribution in [-0.4, -0.2) is 31.5 Å². The van der Waals surface area contributed by atoms with Crippen molar-refractivity contribution in [1.82, 2.24) is 10.6 Å². The number of hydrogen-bond donors (Lipinski definition) is 3. The molecule has 0 unspecified atom stereocenters. The highest BCUT2D eigenvalue weighted by atomic mass is 16.5. The van der Waals surface area contributed by atoms with E-state index in [1.807, 2.05) is 6.92 Å². The van der Waals surface area contributed by atoms with Gasteiger partial charge in [-0.1, -0.05) is 12.1 Å². The van der Waals surface area contributed by atoms with Gasteiger partial charge >= 0.3 is 0 Å². The maximum absolute atomic E-state index is 11.5. The maximum Gasteiger partial charge on any atom is 0.257 e. The number of para-hydroxylation sites is 2. The van der Waals surface area contributed by atoms with Gasteiger partial charge in [0, 0.05) is 19.5 Å². The van der Waals surface area contributed by atoms with Gasteiger partial charge in [-0.2, -0.15) is 0 Å². The lowest BCUT2D eigenvalue weighted by atomic mass is 10.3. The number of rotatable bonds is 7. The molecule has 1 aromatic rings. The van der Waals surface area contributed by atoms with E-state index in [1.54, 1.807) is 24.3 Å². The van der Waals surface area contributed by atoms with Crippen LogP contribution in [0.25, 0.3) is 0 Å². The SMILES string of the molecule is CCNC(=O)CCNC(=O)COc1ccccc1N. The Hall–Kier alpha value is -2.24. The molecule has 2 amide bonds. The zero-order valence-corrected chi connectivity index (χ0v) is 10.9. The number of carbonyl (C=O) groups excluding carboxylic acids is 2. The van der Waals surface area contributed by atoms with Crippen LogP contribution in [0.5, 0.6) is 5.75 Å². The molecule has 0 heterocycles. The van der Waals surface area contributed by atoms with Crippen molar-refractivity contribution in [1.29, 1.82) is 0 Å². The van der Waals surface area contributed by atoms with Crippen molar-refractivity contribution < 1.29 is 14.3 Å². The third-order valence-electron chi connectivity index (χ3n) is 2.33. The van der Waals surface area contributed by atoms with E-state index in [2.05, 4.69) is 10.6 Å². The van der Waals surface area contributed by atoms with E-state index in [0.29, 0.717) is 18.0 Å². The van der Waals surface area contributed by atoms with Crippen LogP contribution in [0.2, 0.25) is 0 Å². The van der Waals surface area contributed by atoms with Gasteiger partial charge in [0.1, 0.15) is 5.75 Å². The van der Waals surface area contributed by atoms with E-state index < -0.39 is 0 Å². The summed E-state index contributed by atoms with van der Waals surface area (Å²) in [5.74, 6) is 0.102. The Morgan fingerprint density at radius 1 is 1.21 bits per heavy atom. The van der Waals surface area contributed by atoms with E-state index in [4.69, 9.17) is 10.5 Å². The van der Waals surface area contributed by atoms with Gasteiger partial charge in [-0.3, -0.25) is 9.59 Å². The molecule has 0 aromatic heterocycles. The number of benzene rings is 1. The molecule has 104 valence electrons. The molecular formula is C13H19N3O3. The molecule has 6 nitrogen and oxygen atoms in total. The predicted molar refractivity (Wildman–Crippen MR) is 72.7 cm³/mol. The summed E-state index contributed by atoms with van der Waals surface area (Å²) in [4.78, 5) is 22.6. The van der Waals surface area contributed by atoms with Gasteiger partial charge in [0.15, 0.2) is 6.61 Å². The highest BCUT2D eigenvalue weighted by molar-refractivity contribution is 5.79. The van der Waals surface area contributed by atoms with Gasteiger partial charge < -0.3 is 21.1 Å². The summed E-state index contributed by atoms with van der Waals surface area (Å²) in [5.41, 5.74) is 6.15. The molecule has 0 bridgehead atoms. The number of hydrogen-bond acceptors (Lipinski definition) is 4. The number of anilines is 1. The molecule has 4 N–H and O–H groups in total. The Kier molecular flexibility index (Phi) is 6.21. The van der Waals surface area contributed by atoms with Crippen molar-refractivity contribution in [2.24, 2.45) is 0 Å². The Labute approximate surface area is 112 Å². The minimum Gasteiger partial charge on any atom is -0.482 e. The average molecular weight is 265 g/mol. The van der Waals surface area contributed by atoms with Crippen LogP contribution in [0.15, 0.2) is 24.3 Å². The summed E-state index contributed by atoms with van der Waals surface area (Å²) in [7, 11) is 0. The molecule has 0 fully saturated rings. The summed E-state index contributed by atoms with van der Waals surface area (Å²) in [6.45, 7) is 2.60. The van der Waals surface area contributed by atoms with Crippen molar-refractivity contribution in [3.63, 3.8) is 0 Å². The quantitative estimate of drug-likeness (QED) is 0.618.